The van der Waals surface area contributed by atoms with Crippen LogP contribution in [0.25, 0.3) is 0 Å². The number of esters is 1. The van der Waals surface area contributed by atoms with Crippen molar-refractivity contribution in [2.75, 3.05) is 13.2 Å². The molecule has 0 unspecified atom stereocenters. The van der Waals surface area contributed by atoms with Crippen LogP contribution in [-0.4, -0.2) is 36.5 Å². The number of aryl methyl sites for hydroxylation is 3. The molecule has 1 saturated heterocycles. The topological polar surface area (TPSA) is 65.0 Å². The maximum absolute atomic E-state index is 13.0. The minimum atomic E-state index is -0.674. The van der Waals surface area contributed by atoms with Gasteiger partial charge in [-0.05, 0) is 62.1 Å². The average molecular weight is 402 g/mol. The summed E-state index contributed by atoms with van der Waals surface area (Å²) in [4.78, 5) is 11.5. The number of carbonyl (C=O) groups excluding carboxylic acids is 1. The monoisotopic (exact) mass is 402 g/mol. The number of carbonyl (C=O) groups is 1. The normalized spacial score (nSPS) is 19.0. The molecule has 156 valence electrons. The molecule has 0 aliphatic carbocycles. The molecule has 1 N–H and O–H groups in total. The Morgan fingerprint density at radius 2 is 1.93 bits per heavy atom. The summed E-state index contributed by atoms with van der Waals surface area (Å²) in [7, 11) is 0. The number of aliphatic hydroxyl groups is 1. The standard InChI is InChI=1S/C23H27FO5/c1-15-10-16(2)23(28-14-21-12-19(25)13-22(26)29-21)17(11-15)4-3-9-27-20-7-5-18(24)6-8-20/h5-8,10-11,19,21,25H,3-4,9,12-14H2,1-2H3/t19-,21+/m1/s1. The van der Waals surface area contributed by atoms with Crippen molar-refractivity contribution < 1.29 is 28.5 Å². The molecule has 1 heterocycles. The van der Waals surface area contributed by atoms with Crippen LogP contribution < -0.4 is 9.47 Å². The number of halogens is 1. The Labute approximate surface area is 170 Å². The van der Waals surface area contributed by atoms with Crippen molar-refractivity contribution in [1.29, 1.82) is 0 Å². The molecule has 6 heteroatoms. The molecule has 2 atom stereocenters. The number of hydrogen-bond donors (Lipinski definition) is 1. The van der Waals surface area contributed by atoms with Gasteiger partial charge in [0.2, 0.25) is 0 Å². The molecule has 0 radical (unpaired) electrons. The van der Waals surface area contributed by atoms with Gasteiger partial charge in [0.15, 0.2) is 0 Å². The second kappa shape index (κ2) is 9.74. The fourth-order valence-electron chi connectivity index (χ4n) is 3.56. The lowest BCUT2D eigenvalue weighted by Gasteiger charge is -2.26. The van der Waals surface area contributed by atoms with Gasteiger partial charge < -0.3 is 19.3 Å². The second-order valence-corrected chi connectivity index (χ2v) is 7.49. The van der Waals surface area contributed by atoms with E-state index in [-0.39, 0.29) is 18.8 Å². The van der Waals surface area contributed by atoms with Crippen LogP contribution in [-0.2, 0) is 16.0 Å². The van der Waals surface area contributed by atoms with Gasteiger partial charge in [0.05, 0.1) is 19.1 Å². The Morgan fingerprint density at radius 3 is 2.66 bits per heavy atom. The minimum absolute atomic E-state index is 0.0410. The highest BCUT2D eigenvalue weighted by atomic mass is 19.1. The van der Waals surface area contributed by atoms with E-state index < -0.39 is 18.2 Å². The predicted molar refractivity (Wildman–Crippen MR) is 107 cm³/mol. The van der Waals surface area contributed by atoms with Crippen LogP contribution in [0.5, 0.6) is 11.5 Å². The third kappa shape index (κ3) is 6.19. The molecule has 5 nitrogen and oxygen atoms in total. The summed E-state index contributed by atoms with van der Waals surface area (Å²) in [5.41, 5.74) is 3.22. The molecule has 1 fully saturated rings. The lowest BCUT2D eigenvalue weighted by molar-refractivity contribution is -0.162. The third-order valence-electron chi connectivity index (χ3n) is 4.82. The van der Waals surface area contributed by atoms with E-state index >= 15 is 0 Å². The van der Waals surface area contributed by atoms with E-state index in [1.807, 2.05) is 13.8 Å². The van der Waals surface area contributed by atoms with Crippen LogP contribution in [0.15, 0.2) is 36.4 Å². The summed E-state index contributed by atoms with van der Waals surface area (Å²) in [6.07, 6.45) is 0.838. The number of cyclic esters (lactones) is 1. The molecule has 0 amide bonds. The largest absolute Gasteiger partial charge is 0.494 e. The van der Waals surface area contributed by atoms with Crippen LogP contribution in [0, 0.1) is 19.7 Å². The highest BCUT2D eigenvalue weighted by Gasteiger charge is 2.28. The van der Waals surface area contributed by atoms with Crippen molar-refractivity contribution in [3.63, 3.8) is 0 Å². The van der Waals surface area contributed by atoms with Crippen molar-refractivity contribution in [2.45, 2.75) is 51.7 Å². The summed E-state index contributed by atoms with van der Waals surface area (Å²) in [5.74, 6) is 0.746. The van der Waals surface area contributed by atoms with Crippen LogP contribution >= 0.6 is 0 Å². The number of aliphatic hydroxyl groups excluding tert-OH is 1. The Kier molecular flexibility index (Phi) is 7.09. The zero-order chi connectivity index (χ0) is 20.8. The molecular weight excluding hydrogens is 375 g/mol. The van der Waals surface area contributed by atoms with Gasteiger partial charge in [0, 0.05) is 6.42 Å². The smallest absolute Gasteiger partial charge is 0.308 e. The second-order valence-electron chi connectivity index (χ2n) is 7.49. The van der Waals surface area contributed by atoms with E-state index in [1.54, 1.807) is 12.1 Å². The predicted octanol–water partition coefficient (Wildman–Crippen LogP) is 3.90. The molecule has 1 aliphatic rings. The SMILES string of the molecule is Cc1cc(C)c(OC[C@@H]2C[C@@H](O)CC(=O)O2)c(CCCOc2ccc(F)cc2)c1. The molecular formula is C23H27FO5. The Hall–Kier alpha value is -2.60. The third-order valence-corrected chi connectivity index (χ3v) is 4.82. The van der Waals surface area contributed by atoms with Gasteiger partial charge in [-0.1, -0.05) is 17.7 Å². The van der Waals surface area contributed by atoms with Gasteiger partial charge in [-0.25, -0.2) is 4.39 Å². The Balaban J connectivity index is 1.57. The average Bonchev–Trinajstić information content (AvgIpc) is 2.65. The quantitative estimate of drug-likeness (QED) is 0.536. The van der Waals surface area contributed by atoms with Crippen molar-refractivity contribution in [3.05, 3.63) is 58.9 Å². The summed E-state index contributed by atoms with van der Waals surface area (Å²) >= 11 is 0. The molecule has 2 aromatic carbocycles. The van der Waals surface area contributed by atoms with Crippen LogP contribution in [0.4, 0.5) is 4.39 Å². The molecule has 1 aliphatic heterocycles. The first kappa shape index (κ1) is 21.1. The fourth-order valence-corrected chi connectivity index (χ4v) is 3.56. The molecule has 2 aromatic rings. The Morgan fingerprint density at radius 1 is 1.17 bits per heavy atom. The lowest BCUT2D eigenvalue weighted by Crippen LogP contribution is -2.36. The number of rotatable bonds is 8. The highest BCUT2D eigenvalue weighted by molar-refractivity contribution is 5.71. The van der Waals surface area contributed by atoms with Crippen LogP contribution in [0.3, 0.4) is 0 Å². The maximum Gasteiger partial charge on any atom is 0.308 e. The van der Waals surface area contributed by atoms with E-state index in [9.17, 15) is 14.3 Å². The number of benzene rings is 2. The van der Waals surface area contributed by atoms with E-state index in [0.29, 0.717) is 18.8 Å². The van der Waals surface area contributed by atoms with Crippen molar-refractivity contribution in [2.24, 2.45) is 0 Å². The van der Waals surface area contributed by atoms with Gasteiger partial charge in [-0.3, -0.25) is 4.79 Å². The first-order valence-corrected chi connectivity index (χ1v) is 9.89. The van der Waals surface area contributed by atoms with Gasteiger partial charge in [0.25, 0.3) is 0 Å². The van der Waals surface area contributed by atoms with Gasteiger partial charge in [-0.15, -0.1) is 0 Å². The van der Waals surface area contributed by atoms with E-state index in [4.69, 9.17) is 14.2 Å². The minimum Gasteiger partial charge on any atom is -0.494 e. The molecule has 3 rings (SSSR count). The molecule has 29 heavy (non-hydrogen) atoms. The summed E-state index contributed by atoms with van der Waals surface area (Å²) < 4.78 is 29.9. The van der Waals surface area contributed by atoms with Gasteiger partial charge in [-0.2, -0.15) is 0 Å². The van der Waals surface area contributed by atoms with E-state index in [1.165, 1.54) is 12.1 Å². The lowest BCUT2D eigenvalue weighted by atomic mass is 10.0. The molecule has 0 spiro atoms. The zero-order valence-corrected chi connectivity index (χ0v) is 16.8. The maximum atomic E-state index is 13.0. The van der Waals surface area contributed by atoms with E-state index in [2.05, 4.69) is 12.1 Å². The first-order chi connectivity index (χ1) is 13.9. The fraction of sp³-hybridized carbons (Fsp3) is 0.435. The summed E-state index contributed by atoms with van der Waals surface area (Å²) in [6, 6.07) is 10.1. The van der Waals surface area contributed by atoms with Crippen LogP contribution in [0.1, 0.15) is 36.0 Å². The van der Waals surface area contributed by atoms with Crippen molar-refractivity contribution >= 4 is 5.97 Å². The molecule has 0 bridgehead atoms. The number of hydrogen-bond acceptors (Lipinski definition) is 5. The Bertz CT molecular complexity index is 834. The molecule has 0 aromatic heterocycles. The zero-order valence-electron chi connectivity index (χ0n) is 16.8. The highest BCUT2D eigenvalue weighted by Crippen LogP contribution is 2.28. The number of ether oxygens (including phenoxy) is 3. The van der Waals surface area contributed by atoms with Crippen LogP contribution in [0.2, 0.25) is 0 Å². The van der Waals surface area contributed by atoms with Crippen molar-refractivity contribution in [3.8, 4) is 11.5 Å². The first-order valence-electron chi connectivity index (χ1n) is 9.89. The van der Waals surface area contributed by atoms with E-state index in [0.717, 1.165) is 35.3 Å². The van der Waals surface area contributed by atoms with Crippen molar-refractivity contribution in [1.82, 2.24) is 0 Å². The summed E-state index contributed by atoms with van der Waals surface area (Å²) in [6.45, 7) is 4.74. The van der Waals surface area contributed by atoms with Gasteiger partial charge >= 0.3 is 5.97 Å². The van der Waals surface area contributed by atoms with Gasteiger partial charge in [0.1, 0.15) is 30.0 Å². The summed E-state index contributed by atoms with van der Waals surface area (Å²) in [5, 5.41) is 9.75. The molecule has 0 saturated carbocycles.